The monoisotopic (exact) mass is 340 g/mol. The summed E-state index contributed by atoms with van der Waals surface area (Å²) in [5.41, 5.74) is 4.76. The molecule has 0 bridgehead atoms. The molecule has 0 fully saturated rings. The van der Waals surface area contributed by atoms with Crippen molar-refractivity contribution >= 4 is 22.6 Å². The van der Waals surface area contributed by atoms with Gasteiger partial charge in [0.15, 0.2) is 5.69 Å². The summed E-state index contributed by atoms with van der Waals surface area (Å²) < 4.78 is 1.24. The molecule has 0 spiro atoms. The van der Waals surface area contributed by atoms with Crippen LogP contribution in [0.5, 0.6) is 0 Å². The molecule has 1 heterocycles. The highest BCUT2D eigenvalue weighted by atomic mass is 16.2. The molecule has 1 aromatic heterocycles. The second-order valence-electron chi connectivity index (χ2n) is 5.94. The fourth-order valence-corrected chi connectivity index (χ4v) is 2.93. The number of benzene rings is 1. The third-order valence-corrected chi connectivity index (χ3v) is 4.32. The van der Waals surface area contributed by atoms with Crippen LogP contribution >= 0.6 is 0 Å². The molecule has 1 atom stereocenters. The van der Waals surface area contributed by atoms with Crippen LogP contribution in [-0.2, 0) is 11.3 Å². The van der Waals surface area contributed by atoms with E-state index >= 15 is 0 Å². The number of rotatable bonds is 3. The summed E-state index contributed by atoms with van der Waals surface area (Å²) in [7, 11) is 0. The van der Waals surface area contributed by atoms with Crippen molar-refractivity contribution in [3.63, 3.8) is 0 Å². The van der Waals surface area contributed by atoms with Gasteiger partial charge in [-0.15, -0.1) is 0 Å². The van der Waals surface area contributed by atoms with Gasteiger partial charge in [0.05, 0.1) is 5.39 Å². The zero-order valence-corrected chi connectivity index (χ0v) is 14.0. The highest BCUT2D eigenvalue weighted by Crippen LogP contribution is 2.18. The maximum atomic E-state index is 12.5. The number of allylic oxidation sites excluding steroid dienone is 2. The lowest BCUT2D eigenvalue weighted by atomic mass is 9.94. The van der Waals surface area contributed by atoms with Gasteiger partial charge >= 0.3 is 0 Å². The molecule has 1 aromatic carbocycles. The Morgan fingerprint density at radius 1 is 1.20 bits per heavy atom. The van der Waals surface area contributed by atoms with Gasteiger partial charge < -0.3 is 0 Å². The largest absolute Gasteiger partial charge is 0.290 e. The Hall–Kier alpha value is -2.96. The molecule has 0 radical (unpaired) electrons. The van der Waals surface area contributed by atoms with Crippen LogP contribution in [0.25, 0.3) is 10.8 Å². The molecule has 0 saturated heterocycles. The number of hydrazine groups is 1. The average Bonchev–Trinajstić information content (AvgIpc) is 2.67. The first-order chi connectivity index (χ1) is 12.1. The van der Waals surface area contributed by atoms with Crippen molar-refractivity contribution in [2.75, 3.05) is 0 Å². The van der Waals surface area contributed by atoms with E-state index in [4.69, 9.17) is 0 Å². The van der Waals surface area contributed by atoms with Crippen molar-refractivity contribution in [3.8, 4) is 0 Å². The Labute approximate surface area is 144 Å². The first-order valence-corrected chi connectivity index (χ1v) is 8.37. The number of aromatic nitrogens is 2. The Morgan fingerprint density at radius 3 is 2.64 bits per heavy atom. The highest BCUT2D eigenvalue weighted by Gasteiger charge is 2.21. The summed E-state index contributed by atoms with van der Waals surface area (Å²) in [4.78, 5) is 36.9. The van der Waals surface area contributed by atoms with E-state index in [9.17, 15) is 14.4 Å². The quantitative estimate of drug-likeness (QED) is 0.655. The van der Waals surface area contributed by atoms with Gasteiger partial charge in [0.1, 0.15) is 0 Å². The number of nitrogens with one attached hydrogen (secondary N) is 2. The maximum absolute atomic E-state index is 12.5. The van der Waals surface area contributed by atoms with E-state index in [-0.39, 0.29) is 23.1 Å². The summed E-state index contributed by atoms with van der Waals surface area (Å²) in [6.45, 7) is 2.13. The number of hydrogen-bond acceptors (Lipinski definition) is 4. The second kappa shape index (κ2) is 7.29. The normalized spacial score (nSPS) is 16.6. The van der Waals surface area contributed by atoms with Crippen LogP contribution in [0.2, 0.25) is 0 Å². The van der Waals surface area contributed by atoms with Gasteiger partial charge in [-0.1, -0.05) is 30.4 Å². The summed E-state index contributed by atoms with van der Waals surface area (Å²) in [6, 6.07) is 6.81. The highest BCUT2D eigenvalue weighted by molar-refractivity contribution is 6.05. The van der Waals surface area contributed by atoms with Crippen LogP contribution in [0.1, 0.15) is 36.7 Å². The van der Waals surface area contributed by atoms with Gasteiger partial charge in [0.2, 0.25) is 5.91 Å². The molecule has 2 N–H and O–H groups in total. The van der Waals surface area contributed by atoms with E-state index < -0.39 is 5.91 Å². The van der Waals surface area contributed by atoms with E-state index in [1.54, 1.807) is 31.2 Å². The lowest BCUT2D eigenvalue weighted by Gasteiger charge is -2.17. The van der Waals surface area contributed by atoms with Crippen molar-refractivity contribution in [1.29, 1.82) is 0 Å². The summed E-state index contributed by atoms with van der Waals surface area (Å²) in [5.74, 6) is -0.900. The van der Waals surface area contributed by atoms with Crippen LogP contribution < -0.4 is 16.4 Å². The number of amides is 2. The molecule has 0 aliphatic heterocycles. The van der Waals surface area contributed by atoms with Gasteiger partial charge in [-0.2, -0.15) is 5.10 Å². The van der Waals surface area contributed by atoms with Gasteiger partial charge in [-0.25, -0.2) is 4.68 Å². The Morgan fingerprint density at radius 2 is 1.96 bits per heavy atom. The van der Waals surface area contributed by atoms with E-state index in [0.717, 1.165) is 12.8 Å². The lowest BCUT2D eigenvalue weighted by molar-refractivity contribution is -0.126. The van der Waals surface area contributed by atoms with Crippen LogP contribution in [-0.4, -0.2) is 21.6 Å². The molecule has 1 aliphatic carbocycles. The molecular formula is C18H20N4O3. The second-order valence-corrected chi connectivity index (χ2v) is 5.94. The van der Waals surface area contributed by atoms with Crippen molar-refractivity contribution in [1.82, 2.24) is 20.6 Å². The standard InChI is InChI=1S/C18H20N4O3/c1-2-22-18(25)14-11-7-6-10-13(14)15(21-22)17(24)20-19-16(23)12-8-4-3-5-9-12/h3-4,6-7,10-12H,2,5,8-9H2,1H3,(H,19,23)(H,20,24). The predicted molar refractivity (Wildman–Crippen MR) is 93.8 cm³/mol. The summed E-state index contributed by atoms with van der Waals surface area (Å²) >= 11 is 0. The molecular weight excluding hydrogens is 320 g/mol. The third kappa shape index (κ3) is 3.45. The molecule has 2 amide bonds. The van der Waals surface area contributed by atoms with Gasteiger partial charge in [0, 0.05) is 17.8 Å². The van der Waals surface area contributed by atoms with E-state index in [1.807, 2.05) is 12.2 Å². The number of carbonyl (C=O) groups is 2. The Bertz CT molecular complexity index is 901. The van der Waals surface area contributed by atoms with Crippen LogP contribution in [0.3, 0.4) is 0 Å². The molecule has 2 aromatic rings. The number of aryl methyl sites for hydroxylation is 1. The molecule has 1 unspecified atom stereocenters. The lowest BCUT2D eigenvalue weighted by Crippen LogP contribution is -2.45. The van der Waals surface area contributed by atoms with Gasteiger partial charge in [-0.3, -0.25) is 25.2 Å². The van der Waals surface area contributed by atoms with Crippen molar-refractivity contribution in [2.45, 2.75) is 32.7 Å². The van der Waals surface area contributed by atoms with Crippen molar-refractivity contribution < 1.29 is 9.59 Å². The zero-order chi connectivity index (χ0) is 17.8. The minimum Gasteiger partial charge on any atom is -0.273 e. The van der Waals surface area contributed by atoms with Gasteiger partial charge in [0.25, 0.3) is 11.5 Å². The SMILES string of the molecule is CCn1nc(C(=O)NNC(=O)C2CC=CCC2)c2ccccc2c1=O. The Balaban J connectivity index is 1.82. The number of fused-ring (bicyclic) bond motifs is 1. The number of hydrogen-bond donors (Lipinski definition) is 2. The van der Waals surface area contributed by atoms with E-state index in [1.165, 1.54) is 4.68 Å². The minimum atomic E-state index is -0.543. The number of nitrogens with zero attached hydrogens (tertiary/aromatic N) is 2. The minimum absolute atomic E-state index is 0.112. The summed E-state index contributed by atoms with van der Waals surface area (Å²) in [6.07, 6.45) is 6.32. The first kappa shape index (κ1) is 16.9. The molecule has 3 rings (SSSR count). The first-order valence-electron chi connectivity index (χ1n) is 8.37. The van der Waals surface area contributed by atoms with Gasteiger partial charge in [-0.05, 0) is 32.3 Å². The fourth-order valence-electron chi connectivity index (χ4n) is 2.93. The molecule has 25 heavy (non-hydrogen) atoms. The number of carbonyl (C=O) groups excluding carboxylic acids is 2. The topological polar surface area (TPSA) is 93.1 Å². The summed E-state index contributed by atoms with van der Waals surface area (Å²) in [5, 5.41) is 5.03. The molecule has 7 nitrogen and oxygen atoms in total. The van der Waals surface area contributed by atoms with Crippen LogP contribution in [0.4, 0.5) is 0 Å². The molecule has 0 saturated carbocycles. The fraction of sp³-hybridized carbons (Fsp3) is 0.333. The molecule has 7 heteroatoms. The van der Waals surface area contributed by atoms with Crippen molar-refractivity contribution in [2.24, 2.45) is 5.92 Å². The zero-order valence-electron chi connectivity index (χ0n) is 14.0. The third-order valence-electron chi connectivity index (χ3n) is 4.32. The Kier molecular flexibility index (Phi) is 4.92. The molecule has 130 valence electrons. The molecule has 1 aliphatic rings. The van der Waals surface area contributed by atoms with E-state index in [2.05, 4.69) is 16.0 Å². The van der Waals surface area contributed by atoms with Crippen molar-refractivity contribution in [3.05, 3.63) is 52.5 Å². The predicted octanol–water partition coefficient (Wildman–Crippen LogP) is 1.53. The smallest absolute Gasteiger partial charge is 0.273 e. The van der Waals surface area contributed by atoms with E-state index in [0.29, 0.717) is 23.7 Å². The van der Waals surface area contributed by atoms with Crippen LogP contribution in [0.15, 0.2) is 41.2 Å². The maximum Gasteiger partial charge on any atom is 0.290 e. The average molecular weight is 340 g/mol. The van der Waals surface area contributed by atoms with Crippen LogP contribution in [0, 0.1) is 5.92 Å².